The monoisotopic (exact) mass is 1180 g/mol. The van der Waals surface area contributed by atoms with Crippen molar-refractivity contribution in [2.24, 2.45) is 7.05 Å². The highest BCUT2D eigenvalue weighted by Crippen LogP contribution is 2.16. The smallest absolute Gasteiger partial charge is 0.262 e. The molecule has 0 aliphatic heterocycles. The van der Waals surface area contributed by atoms with E-state index in [1.165, 1.54) is 55.8 Å². The second-order valence-electron chi connectivity index (χ2n) is 16.6. The van der Waals surface area contributed by atoms with Crippen LogP contribution >= 0.6 is 0 Å². The van der Waals surface area contributed by atoms with Crippen LogP contribution in [-0.2, 0) is 52.9 Å². The van der Waals surface area contributed by atoms with Gasteiger partial charge in [-0.3, -0.25) is 9.97 Å². The average Bonchev–Trinajstić information content (AvgIpc) is 4.21. The molecule has 0 amide bonds. The molecule has 0 aliphatic carbocycles. The van der Waals surface area contributed by atoms with Crippen molar-refractivity contribution in [1.82, 2.24) is 89.1 Å². The summed E-state index contributed by atoms with van der Waals surface area (Å²) in [6.07, 6.45) is 11.3. The number of benzene rings is 3. The summed E-state index contributed by atoms with van der Waals surface area (Å²) >= 11 is 0. The van der Waals surface area contributed by atoms with Crippen LogP contribution in [-0.4, -0.2) is 129 Å². The summed E-state index contributed by atoms with van der Waals surface area (Å²) in [6.45, 7) is 7.72. The van der Waals surface area contributed by atoms with E-state index in [2.05, 4.69) is 51.7 Å². The molecular weight excluding hydrogens is 1140 g/mol. The summed E-state index contributed by atoms with van der Waals surface area (Å²) in [7, 11) is -12.8. The van der Waals surface area contributed by atoms with Gasteiger partial charge in [-0.05, 0) is 130 Å². The molecule has 422 valence electrons. The lowest BCUT2D eigenvalue weighted by atomic mass is 10.2. The molecule has 9 aromatic rings. The molecule has 6 aromatic heterocycles. The topological polar surface area (TPSA) is 373 Å². The van der Waals surface area contributed by atoms with Crippen LogP contribution < -0.4 is 22.8 Å². The minimum Gasteiger partial charge on any atom is -0.262 e. The fourth-order valence-corrected chi connectivity index (χ4v) is 9.16. The molecule has 81 heavy (non-hydrogen) atoms. The van der Waals surface area contributed by atoms with Gasteiger partial charge in [0.05, 0.1) is 54.7 Å². The number of hydrogen-bond donors (Lipinski definition) is 0. The third-order valence-corrected chi connectivity index (χ3v) is 15.2. The number of nitrogens with zero attached hydrogens (tertiary/aromatic N) is 18. The number of rotatable bonds is 14. The molecule has 30 nitrogen and oxygen atoms in total. The van der Waals surface area contributed by atoms with Gasteiger partial charge in [-0.1, -0.05) is 53.1 Å². The summed E-state index contributed by atoms with van der Waals surface area (Å²) in [4.78, 5) is 55.3. The summed E-state index contributed by atoms with van der Waals surface area (Å²) in [5.74, 6) is 0. The first-order valence-electron chi connectivity index (χ1n) is 23.1. The first-order chi connectivity index (χ1) is 38.3. The van der Waals surface area contributed by atoms with Crippen LogP contribution in [0.2, 0.25) is 0 Å². The van der Waals surface area contributed by atoms with E-state index in [1.54, 1.807) is 80.0 Å². The molecule has 3 aromatic carbocycles. The number of aromatic nitrogens is 18. The molecule has 0 saturated carbocycles. The van der Waals surface area contributed by atoms with Gasteiger partial charge in [0, 0.05) is 62.4 Å². The second kappa shape index (κ2) is 26.2. The van der Waals surface area contributed by atoms with Gasteiger partial charge in [-0.15, -0.1) is 0 Å². The largest absolute Gasteiger partial charge is 0.372 e. The lowest BCUT2D eigenvalue weighted by molar-refractivity contribution is 0.603. The van der Waals surface area contributed by atoms with E-state index >= 15 is 0 Å². The average molecular weight is 1190 g/mol. The van der Waals surface area contributed by atoms with Crippen LogP contribution in [0.4, 0.5) is 0 Å². The maximum atomic E-state index is 12.2. The van der Waals surface area contributed by atoms with Gasteiger partial charge < -0.3 is 0 Å². The van der Waals surface area contributed by atoms with Gasteiger partial charge in [-0.2, -0.15) is 37.5 Å². The Kier molecular flexibility index (Phi) is 19.6. The fourth-order valence-electron chi connectivity index (χ4n) is 5.98. The number of hydrogen-bond acceptors (Lipinski definition) is 22. The first-order valence-corrected chi connectivity index (χ1v) is 29.7. The zero-order valence-electron chi connectivity index (χ0n) is 43.5. The third kappa shape index (κ3) is 16.6. The van der Waals surface area contributed by atoms with E-state index in [4.69, 9.17) is 0 Å². The Balaban J connectivity index is 0.000000175. The van der Waals surface area contributed by atoms with Crippen LogP contribution in [0.15, 0.2) is 177 Å². The normalized spacial score (nSPS) is 12.0. The predicted octanol–water partition coefficient (Wildman–Crippen LogP) is 1.19. The quantitative estimate of drug-likeness (QED) is 0.147. The summed E-state index contributed by atoms with van der Waals surface area (Å²) in [5, 5.41) is 32.3. The van der Waals surface area contributed by atoms with Crippen molar-refractivity contribution < 1.29 is 33.7 Å². The number of pyridine rings is 2. The van der Waals surface area contributed by atoms with Crippen LogP contribution in [0.5, 0.6) is 0 Å². The molecule has 0 spiro atoms. The number of sulfone groups is 4. The van der Waals surface area contributed by atoms with Crippen molar-refractivity contribution in [2.75, 3.05) is 6.26 Å². The Morgan fingerprint density at radius 3 is 1.06 bits per heavy atom. The van der Waals surface area contributed by atoms with Gasteiger partial charge >= 0.3 is 22.8 Å². The Hall–Kier alpha value is -9.80. The van der Waals surface area contributed by atoms with Crippen molar-refractivity contribution >= 4 is 64.1 Å². The Morgan fingerprint density at radius 1 is 0.420 bits per heavy atom. The van der Waals surface area contributed by atoms with E-state index in [0.717, 1.165) is 107 Å². The van der Waals surface area contributed by atoms with Crippen molar-refractivity contribution in [3.05, 3.63) is 202 Å². The SMILES string of the molecule is CCn1nnn(/C=C/S(=O)(=O)c2ccc(C)cc2)c1=O.CS(=O)(=O)/C=C/n1nnn(-c2cccnc2)c1=O.Cc1ccc(S(=O)(=O)/C=C/n2nnn(-c3cccnc3)c2=O)cc1.Cc1ccc(S(=O)(=O)/C=C/n2nnn(C)c2=O)cc1. The van der Waals surface area contributed by atoms with Gasteiger partial charge in [0.1, 0.15) is 0 Å². The van der Waals surface area contributed by atoms with Gasteiger partial charge in [0.25, 0.3) is 0 Å². The molecule has 0 unspecified atom stereocenters. The maximum absolute atomic E-state index is 12.2. The first kappa shape index (κ1) is 60.4. The molecule has 9 rings (SSSR count). The van der Waals surface area contributed by atoms with Crippen molar-refractivity contribution in [2.45, 2.75) is 48.9 Å². The van der Waals surface area contributed by atoms with E-state index in [-0.39, 0.29) is 14.7 Å². The highest BCUT2D eigenvalue weighted by molar-refractivity contribution is 7.95. The van der Waals surface area contributed by atoms with Gasteiger partial charge in [0.2, 0.25) is 29.5 Å². The fraction of sp³-hybridized carbons (Fsp3) is 0.149. The molecule has 0 atom stereocenters. The standard InChI is InChI=1S/C15H13N5O3S.C12H14N4O3S.C11H12N4O3S.C9H9N5O3S/c1-12-4-6-14(7-5-12)24(22,23)10-9-19-15(21)20(18-17-19)13-3-2-8-16-11-13;1-3-15-12(17)16(14-13-15)8-9-20(18,19)11-6-4-10(2)5-7-11;1-9-3-5-10(6-4-9)19(17,18)8-7-15-11(16)14(2)12-13-15;1-18(16,17)6-5-13-9(15)14(12-11-13)8-3-2-4-10-7-8/h2-11H,1H3;4-9H,3H2,1-2H3;3-8H,1-2H3;2-7H,1H3/b10-9+;9-8+;8-7+;6-5+. The molecule has 0 N–H and O–H groups in total. The second-order valence-corrected chi connectivity index (χ2v) is 24.0. The van der Waals surface area contributed by atoms with E-state index in [9.17, 15) is 52.8 Å². The molecule has 0 radical (unpaired) electrons. The van der Waals surface area contributed by atoms with Crippen LogP contribution in [0.3, 0.4) is 0 Å². The molecule has 34 heteroatoms. The Labute approximate surface area is 460 Å². The highest BCUT2D eigenvalue weighted by atomic mass is 32.2. The van der Waals surface area contributed by atoms with E-state index in [0.29, 0.717) is 17.9 Å². The van der Waals surface area contributed by atoms with Crippen LogP contribution in [0.25, 0.3) is 36.2 Å². The summed E-state index contributed by atoms with van der Waals surface area (Å²) in [6, 6.07) is 25.8. The van der Waals surface area contributed by atoms with Crippen molar-refractivity contribution in [3.63, 3.8) is 0 Å². The molecular formula is C47H48N18O12S4. The Bertz CT molecular complexity index is 4470. The molecule has 0 fully saturated rings. The van der Waals surface area contributed by atoms with Crippen molar-refractivity contribution in [3.8, 4) is 11.4 Å². The van der Waals surface area contributed by atoms with Crippen molar-refractivity contribution in [1.29, 1.82) is 0 Å². The maximum Gasteiger partial charge on any atom is 0.372 e. The van der Waals surface area contributed by atoms with Crippen LogP contribution in [0.1, 0.15) is 23.6 Å². The molecule has 0 saturated heterocycles. The number of aryl methyl sites for hydroxylation is 5. The van der Waals surface area contributed by atoms with E-state index in [1.807, 2.05) is 20.8 Å². The van der Waals surface area contributed by atoms with E-state index < -0.39 is 62.1 Å². The van der Waals surface area contributed by atoms with Gasteiger partial charge in [-0.25, -0.2) is 52.8 Å². The minimum absolute atomic E-state index is 0.136. The highest BCUT2D eigenvalue weighted by Gasteiger charge is 2.15. The van der Waals surface area contributed by atoms with Gasteiger partial charge in [0.15, 0.2) is 9.84 Å². The molecule has 0 aliphatic rings. The lowest BCUT2D eigenvalue weighted by Gasteiger charge is -1.99. The molecule has 6 heterocycles. The minimum atomic E-state index is -3.68. The summed E-state index contributed by atoms with van der Waals surface area (Å²) < 4.78 is 102. The zero-order chi connectivity index (χ0) is 59.1. The number of tetrazole rings is 4. The predicted molar refractivity (Wildman–Crippen MR) is 293 cm³/mol. The lowest BCUT2D eigenvalue weighted by Crippen LogP contribution is -2.22. The zero-order valence-corrected chi connectivity index (χ0v) is 46.7. The van der Waals surface area contributed by atoms with Crippen LogP contribution in [0, 0.1) is 20.8 Å². The third-order valence-electron chi connectivity index (χ3n) is 10.3. The summed E-state index contributed by atoms with van der Waals surface area (Å²) in [5.41, 5.74) is 1.58. The Morgan fingerprint density at radius 2 is 0.753 bits per heavy atom. The molecule has 0 bridgehead atoms.